The lowest BCUT2D eigenvalue weighted by Gasteiger charge is -2.46. The molecule has 190 valence electrons. The lowest BCUT2D eigenvalue weighted by atomic mass is 9.76. The molecule has 0 aliphatic carbocycles. The third kappa shape index (κ3) is 5.65. The Hall–Kier alpha value is -2.16. The van der Waals surface area contributed by atoms with Gasteiger partial charge in [0.25, 0.3) is 0 Å². The molecule has 4 atom stereocenters. The van der Waals surface area contributed by atoms with E-state index in [1.165, 1.54) is 43.5 Å². The number of hydrogen-bond acceptors (Lipinski definition) is 4. The van der Waals surface area contributed by atoms with E-state index in [0.717, 1.165) is 50.7 Å². The monoisotopic (exact) mass is 491 g/mol. The Bertz CT molecular complexity index is 991. The number of rotatable bonds is 6. The van der Waals surface area contributed by atoms with Crippen molar-refractivity contribution in [3.63, 3.8) is 0 Å². The summed E-state index contributed by atoms with van der Waals surface area (Å²) in [4.78, 5) is 2.48. The molecule has 2 N–H and O–H groups in total. The van der Waals surface area contributed by atoms with E-state index in [9.17, 15) is 17.6 Å². The molecule has 4 nitrogen and oxygen atoms in total. The van der Waals surface area contributed by atoms with Crippen molar-refractivity contribution in [3.8, 4) is 0 Å². The average molecular weight is 492 g/mol. The van der Waals surface area contributed by atoms with Crippen molar-refractivity contribution < 1.29 is 22.3 Å². The highest BCUT2D eigenvalue weighted by molar-refractivity contribution is 5.58. The summed E-state index contributed by atoms with van der Waals surface area (Å²) >= 11 is 0. The molecule has 0 spiro atoms. The van der Waals surface area contributed by atoms with Gasteiger partial charge in [0.1, 0.15) is 5.82 Å². The number of fused-ring (bicyclic) bond motifs is 3. The van der Waals surface area contributed by atoms with E-state index < -0.39 is 17.8 Å². The largest absolute Gasteiger partial charge is 0.416 e. The molecule has 2 aromatic carbocycles. The van der Waals surface area contributed by atoms with Crippen LogP contribution in [0.1, 0.15) is 60.9 Å². The van der Waals surface area contributed by atoms with Gasteiger partial charge in [-0.25, -0.2) is 4.39 Å². The predicted molar refractivity (Wildman–Crippen MR) is 128 cm³/mol. The molecule has 3 aliphatic heterocycles. The van der Waals surface area contributed by atoms with Crippen LogP contribution in [0.3, 0.4) is 0 Å². The van der Waals surface area contributed by atoms with Crippen LogP contribution in [0, 0.1) is 11.7 Å². The minimum absolute atomic E-state index is 0.0407. The molecular weight excluding hydrogens is 458 g/mol. The van der Waals surface area contributed by atoms with Crippen molar-refractivity contribution in [3.05, 3.63) is 65.0 Å². The second-order valence-electron chi connectivity index (χ2n) is 10.00. The van der Waals surface area contributed by atoms with E-state index in [2.05, 4.69) is 15.5 Å². The summed E-state index contributed by atoms with van der Waals surface area (Å²) in [5.74, 6) is -0.354. The lowest BCUT2D eigenvalue weighted by Crippen LogP contribution is -2.43. The van der Waals surface area contributed by atoms with Crippen LogP contribution in [0.2, 0.25) is 0 Å². The van der Waals surface area contributed by atoms with Crippen molar-refractivity contribution in [2.24, 2.45) is 5.92 Å². The Labute approximate surface area is 204 Å². The van der Waals surface area contributed by atoms with Crippen LogP contribution in [0.25, 0.3) is 0 Å². The maximum absolute atomic E-state index is 13.5. The van der Waals surface area contributed by atoms with Gasteiger partial charge >= 0.3 is 6.18 Å². The number of ether oxygens (including phenoxy) is 1. The molecular formula is C27H33F4N3O. The Kier molecular flexibility index (Phi) is 7.32. The topological polar surface area (TPSA) is 36.5 Å². The van der Waals surface area contributed by atoms with Crippen molar-refractivity contribution in [1.82, 2.24) is 10.2 Å². The molecule has 0 bridgehead atoms. The number of likely N-dealkylation sites (tertiary alicyclic amines) is 1. The van der Waals surface area contributed by atoms with E-state index in [4.69, 9.17) is 4.74 Å². The first-order chi connectivity index (χ1) is 16.9. The van der Waals surface area contributed by atoms with Crippen molar-refractivity contribution in [1.29, 1.82) is 0 Å². The van der Waals surface area contributed by atoms with E-state index >= 15 is 0 Å². The zero-order chi connectivity index (χ0) is 24.4. The fraction of sp³-hybridized carbons (Fsp3) is 0.556. The Morgan fingerprint density at radius 2 is 1.77 bits per heavy atom. The molecule has 2 fully saturated rings. The molecule has 0 saturated carbocycles. The van der Waals surface area contributed by atoms with Crippen LogP contribution in [-0.4, -0.2) is 43.7 Å². The number of nitrogens with one attached hydrogen (secondary N) is 2. The highest BCUT2D eigenvalue weighted by Gasteiger charge is 2.43. The van der Waals surface area contributed by atoms with Crippen LogP contribution in [-0.2, 0) is 10.9 Å². The maximum Gasteiger partial charge on any atom is 0.416 e. The second-order valence-corrected chi connectivity index (χ2v) is 10.00. The lowest BCUT2D eigenvalue weighted by molar-refractivity contribution is -0.138. The maximum atomic E-state index is 13.5. The molecule has 3 aliphatic rings. The van der Waals surface area contributed by atoms with Crippen LogP contribution in [0.5, 0.6) is 0 Å². The Balaban J connectivity index is 1.31. The fourth-order valence-electron chi connectivity index (χ4n) is 5.77. The Morgan fingerprint density at radius 3 is 2.51 bits per heavy atom. The molecule has 0 unspecified atom stereocenters. The standard InChI is InChI=1S/C27H33F4N3O/c28-20-7-4-18(5-8-20)25-22-10-9-21(17-32-12-15-34-13-2-1-3-14-34)35-26(22)23-16-19(27(29,30)31)6-11-24(23)33-25/h4-8,11,16,21-22,25-26,32-33H,1-3,9-10,12-15,17H2/t21-,22+,25+,26+/m1/s1. The summed E-state index contributed by atoms with van der Waals surface area (Å²) in [5.41, 5.74) is 1.45. The molecule has 0 amide bonds. The van der Waals surface area contributed by atoms with Crippen LogP contribution in [0.15, 0.2) is 42.5 Å². The molecule has 35 heavy (non-hydrogen) atoms. The van der Waals surface area contributed by atoms with E-state index in [1.807, 2.05) is 0 Å². The number of benzene rings is 2. The van der Waals surface area contributed by atoms with Gasteiger partial charge < -0.3 is 20.3 Å². The van der Waals surface area contributed by atoms with Crippen molar-refractivity contribution in [2.75, 3.05) is 38.0 Å². The zero-order valence-electron chi connectivity index (χ0n) is 19.8. The number of halogens is 4. The summed E-state index contributed by atoms with van der Waals surface area (Å²) in [5, 5.41) is 6.93. The first kappa shape index (κ1) is 24.5. The highest BCUT2D eigenvalue weighted by Crippen LogP contribution is 2.51. The molecule has 2 saturated heterocycles. The summed E-state index contributed by atoms with van der Waals surface area (Å²) in [6.45, 7) is 4.87. The van der Waals surface area contributed by atoms with Gasteiger partial charge in [-0.2, -0.15) is 13.2 Å². The van der Waals surface area contributed by atoms with Gasteiger partial charge in [0.2, 0.25) is 0 Å². The van der Waals surface area contributed by atoms with E-state index in [-0.39, 0.29) is 23.9 Å². The van der Waals surface area contributed by atoms with Crippen LogP contribution >= 0.6 is 0 Å². The predicted octanol–water partition coefficient (Wildman–Crippen LogP) is 5.92. The van der Waals surface area contributed by atoms with Crippen molar-refractivity contribution in [2.45, 2.75) is 56.5 Å². The van der Waals surface area contributed by atoms with Gasteiger partial charge in [0.05, 0.1) is 23.8 Å². The minimum atomic E-state index is -4.41. The van der Waals surface area contributed by atoms with Crippen LogP contribution in [0.4, 0.5) is 23.2 Å². The third-order valence-corrected chi connectivity index (χ3v) is 7.63. The smallest absolute Gasteiger partial charge is 0.378 e. The van der Waals surface area contributed by atoms with E-state index in [0.29, 0.717) is 17.8 Å². The molecule has 5 rings (SSSR count). The summed E-state index contributed by atoms with van der Waals surface area (Å²) in [7, 11) is 0. The first-order valence-corrected chi connectivity index (χ1v) is 12.7. The van der Waals surface area contributed by atoms with Gasteiger partial charge in [0, 0.05) is 36.8 Å². The van der Waals surface area contributed by atoms with Gasteiger partial charge in [-0.15, -0.1) is 0 Å². The second kappa shape index (κ2) is 10.4. The highest BCUT2D eigenvalue weighted by atomic mass is 19.4. The van der Waals surface area contributed by atoms with Gasteiger partial charge in [-0.1, -0.05) is 18.6 Å². The van der Waals surface area contributed by atoms with E-state index in [1.54, 1.807) is 12.1 Å². The Morgan fingerprint density at radius 1 is 1.00 bits per heavy atom. The van der Waals surface area contributed by atoms with Gasteiger partial charge in [-0.3, -0.25) is 0 Å². The van der Waals surface area contributed by atoms with Crippen LogP contribution < -0.4 is 10.6 Å². The van der Waals surface area contributed by atoms with Gasteiger partial charge in [-0.05, 0) is 74.7 Å². The average Bonchev–Trinajstić information content (AvgIpc) is 2.86. The molecule has 2 aromatic rings. The number of hydrogen-bond donors (Lipinski definition) is 2. The number of piperidine rings is 1. The SMILES string of the molecule is Fc1ccc([C@@H]2Nc3ccc(C(F)(F)F)cc3[C@H]3O[C@@H](CNCCN4CCCCC4)CC[C@H]32)cc1. The summed E-state index contributed by atoms with van der Waals surface area (Å²) in [6.07, 6.45) is 0.544. The zero-order valence-corrected chi connectivity index (χ0v) is 19.8. The quantitative estimate of drug-likeness (QED) is 0.388. The van der Waals surface area contributed by atoms with Gasteiger partial charge in [0.15, 0.2) is 0 Å². The van der Waals surface area contributed by atoms with Crippen molar-refractivity contribution >= 4 is 5.69 Å². The number of alkyl halides is 3. The normalized spacial score (nSPS) is 27.1. The minimum Gasteiger partial charge on any atom is -0.378 e. The third-order valence-electron chi connectivity index (χ3n) is 7.63. The molecule has 0 radical (unpaired) electrons. The molecule has 0 aromatic heterocycles. The number of anilines is 1. The summed E-state index contributed by atoms with van der Waals surface area (Å²) in [6, 6.07) is 10.0. The molecule has 8 heteroatoms. The first-order valence-electron chi connectivity index (χ1n) is 12.7. The molecule has 3 heterocycles. The fourth-order valence-corrected chi connectivity index (χ4v) is 5.77. The summed E-state index contributed by atoms with van der Waals surface area (Å²) < 4.78 is 60.5. The number of nitrogens with zero attached hydrogens (tertiary/aromatic N) is 1.